The lowest BCUT2D eigenvalue weighted by molar-refractivity contribution is -0.116. The van der Waals surface area contributed by atoms with E-state index >= 15 is 0 Å². The Kier molecular flexibility index (Phi) is 6.53. The summed E-state index contributed by atoms with van der Waals surface area (Å²) in [7, 11) is 1.55. The maximum absolute atomic E-state index is 13.2. The van der Waals surface area contributed by atoms with E-state index in [1.165, 1.54) is 9.58 Å². The van der Waals surface area contributed by atoms with Gasteiger partial charge in [0, 0.05) is 24.7 Å². The Labute approximate surface area is 181 Å². The normalized spacial score (nSPS) is 11.0. The number of nitrogens with one attached hydrogen (secondary N) is 1. The van der Waals surface area contributed by atoms with Gasteiger partial charge in [-0.05, 0) is 43.0 Å². The van der Waals surface area contributed by atoms with E-state index in [2.05, 4.69) is 10.4 Å². The van der Waals surface area contributed by atoms with Gasteiger partial charge in [-0.2, -0.15) is 5.10 Å². The summed E-state index contributed by atoms with van der Waals surface area (Å²) in [5, 5.41) is 8.15. The van der Waals surface area contributed by atoms with Gasteiger partial charge in [0.2, 0.25) is 5.91 Å². The van der Waals surface area contributed by atoms with E-state index in [1.54, 1.807) is 31.3 Å². The molecule has 0 fully saturated rings. The first-order chi connectivity index (χ1) is 14.7. The zero-order valence-electron chi connectivity index (χ0n) is 18.6. The third-order valence-corrected chi connectivity index (χ3v) is 5.00. The molecule has 1 N–H and O–H groups in total. The molecule has 3 rings (SSSR count). The molecule has 1 heterocycles. The highest BCUT2D eigenvalue weighted by atomic mass is 16.2. The zero-order valence-corrected chi connectivity index (χ0v) is 18.6. The summed E-state index contributed by atoms with van der Waals surface area (Å²) in [6, 6.07) is 12.7. The molecule has 0 unspecified atom stereocenters. The number of fused-ring (bicyclic) bond motifs is 1. The van der Waals surface area contributed by atoms with Crippen molar-refractivity contribution in [2.45, 2.75) is 34.2 Å². The number of benzene rings is 2. The summed E-state index contributed by atoms with van der Waals surface area (Å²) in [6.07, 6.45) is 0. The van der Waals surface area contributed by atoms with Gasteiger partial charge < -0.3 is 10.2 Å². The van der Waals surface area contributed by atoms with Crippen molar-refractivity contribution in [3.63, 3.8) is 0 Å². The molecule has 0 saturated carbocycles. The van der Waals surface area contributed by atoms with Gasteiger partial charge in [-0.3, -0.25) is 14.4 Å². The first-order valence-corrected chi connectivity index (χ1v) is 10.3. The molecule has 3 aromatic rings. The topological polar surface area (TPSA) is 84.3 Å². The van der Waals surface area contributed by atoms with Gasteiger partial charge >= 0.3 is 0 Å². The maximum atomic E-state index is 13.2. The lowest BCUT2D eigenvalue weighted by Crippen LogP contribution is -2.37. The minimum atomic E-state index is -0.412. The first-order valence-electron chi connectivity index (χ1n) is 10.3. The predicted molar refractivity (Wildman–Crippen MR) is 122 cm³/mol. The van der Waals surface area contributed by atoms with E-state index in [9.17, 15) is 14.4 Å². The molecule has 0 saturated heterocycles. The summed E-state index contributed by atoms with van der Waals surface area (Å²) in [6.45, 7) is 8.10. The van der Waals surface area contributed by atoms with E-state index in [4.69, 9.17) is 0 Å². The van der Waals surface area contributed by atoms with E-state index in [0.29, 0.717) is 17.3 Å². The van der Waals surface area contributed by atoms with Crippen molar-refractivity contribution in [3.8, 4) is 0 Å². The van der Waals surface area contributed by atoms with Crippen LogP contribution in [-0.2, 0) is 11.3 Å². The van der Waals surface area contributed by atoms with Crippen LogP contribution < -0.4 is 10.9 Å². The Morgan fingerprint density at radius 3 is 2.45 bits per heavy atom. The van der Waals surface area contributed by atoms with E-state index in [-0.39, 0.29) is 29.6 Å². The second-order valence-electron chi connectivity index (χ2n) is 8.30. The van der Waals surface area contributed by atoms with Crippen molar-refractivity contribution in [2.75, 3.05) is 18.9 Å². The predicted octanol–water partition coefficient (Wildman–Crippen LogP) is 3.38. The van der Waals surface area contributed by atoms with Crippen LogP contribution in [-0.4, -0.2) is 40.1 Å². The first kappa shape index (κ1) is 22.2. The van der Waals surface area contributed by atoms with Crippen LogP contribution in [0.4, 0.5) is 5.69 Å². The number of hydrogen-bond donors (Lipinski definition) is 1. The largest absolute Gasteiger partial charge is 0.331 e. The van der Waals surface area contributed by atoms with E-state index in [1.807, 2.05) is 45.9 Å². The van der Waals surface area contributed by atoms with Gasteiger partial charge in [-0.25, -0.2) is 4.68 Å². The fourth-order valence-corrected chi connectivity index (χ4v) is 3.39. The van der Waals surface area contributed by atoms with E-state index in [0.717, 1.165) is 16.8 Å². The zero-order chi connectivity index (χ0) is 22.7. The Morgan fingerprint density at radius 1 is 1.10 bits per heavy atom. The molecule has 162 valence electrons. The molecule has 2 aromatic carbocycles. The monoisotopic (exact) mass is 420 g/mol. The highest BCUT2D eigenvalue weighted by Gasteiger charge is 2.22. The number of aryl methyl sites for hydroxylation is 2. The summed E-state index contributed by atoms with van der Waals surface area (Å²) < 4.78 is 1.34. The number of aromatic nitrogens is 2. The number of amides is 2. The van der Waals surface area contributed by atoms with Crippen molar-refractivity contribution in [2.24, 2.45) is 5.92 Å². The van der Waals surface area contributed by atoms with Crippen LogP contribution in [0.25, 0.3) is 10.8 Å². The fraction of sp³-hybridized carbons (Fsp3) is 0.333. The van der Waals surface area contributed by atoms with E-state index < -0.39 is 5.91 Å². The van der Waals surface area contributed by atoms with Crippen LogP contribution in [0.5, 0.6) is 0 Å². The lowest BCUT2D eigenvalue weighted by Gasteiger charge is -2.19. The molecule has 7 nitrogen and oxygen atoms in total. The molecule has 31 heavy (non-hydrogen) atoms. The molecular weight excluding hydrogens is 392 g/mol. The Bertz CT molecular complexity index is 1200. The summed E-state index contributed by atoms with van der Waals surface area (Å²) in [5.74, 6) is -0.524. The smallest absolute Gasteiger partial charge is 0.275 e. The average Bonchev–Trinajstić information content (AvgIpc) is 2.72. The average molecular weight is 421 g/mol. The number of nitrogens with zero attached hydrogens (tertiary/aromatic N) is 3. The Morgan fingerprint density at radius 2 is 1.77 bits per heavy atom. The molecule has 2 amide bonds. The van der Waals surface area contributed by atoms with Crippen molar-refractivity contribution in [3.05, 3.63) is 69.6 Å². The number of carbonyl (C=O) groups excluding carboxylic acids is 2. The van der Waals surface area contributed by atoms with Crippen LogP contribution in [0.2, 0.25) is 0 Å². The quantitative estimate of drug-likeness (QED) is 0.663. The number of rotatable bonds is 6. The molecule has 7 heteroatoms. The fourth-order valence-electron chi connectivity index (χ4n) is 3.39. The van der Waals surface area contributed by atoms with Crippen molar-refractivity contribution in [1.82, 2.24) is 14.7 Å². The van der Waals surface area contributed by atoms with Crippen molar-refractivity contribution >= 4 is 28.3 Å². The molecule has 0 aliphatic carbocycles. The van der Waals surface area contributed by atoms with Gasteiger partial charge in [0.1, 0.15) is 0 Å². The molecule has 0 radical (unpaired) electrons. The minimum Gasteiger partial charge on any atom is -0.331 e. The molecule has 0 bridgehead atoms. The lowest BCUT2D eigenvalue weighted by atomic mass is 10.1. The molecule has 0 aliphatic heterocycles. The Balaban J connectivity index is 1.87. The summed E-state index contributed by atoms with van der Waals surface area (Å²) in [5.41, 5.74) is 2.64. The van der Waals surface area contributed by atoms with Gasteiger partial charge in [0.25, 0.3) is 11.5 Å². The second-order valence-corrected chi connectivity index (χ2v) is 8.30. The maximum Gasteiger partial charge on any atom is 0.275 e. The second kappa shape index (κ2) is 9.12. The number of likely N-dealkylation sites (N-methyl/N-ethyl adjacent to an activating group) is 1. The van der Waals surface area contributed by atoms with Crippen LogP contribution in [0, 0.1) is 19.8 Å². The highest BCUT2D eigenvalue weighted by molar-refractivity contribution is 6.06. The van der Waals surface area contributed by atoms with Crippen LogP contribution >= 0.6 is 0 Å². The van der Waals surface area contributed by atoms with Gasteiger partial charge in [-0.1, -0.05) is 44.2 Å². The summed E-state index contributed by atoms with van der Waals surface area (Å²) in [4.78, 5) is 39.8. The number of hydrogen-bond acceptors (Lipinski definition) is 4. The molecule has 0 spiro atoms. The van der Waals surface area contributed by atoms with Crippen molar-refractivity contribution in [1.29, 1.82) is 0 Å². The van der Waals surface area contributed by atoms with Gasteiger partial charge in [0.15, 0.2) is 5.69 Å². The Hall–Kier alpha value is -3.48. The molecule has 0 atom stereocenters. The molecule has 0 aliphatic rings. The summed E-state index contributed by atoms with van der Waals surface area (Å²) >= 11 is 0. The van der Waals surface area contributed by atoms with Crippen LogP contribution in [0.15, 0.2) is 47.3 Å². The van der Waals surface area contributed by atoms with Crippen LogP contribution in [0.1, 0.15) is 35.5 Å². The number of carbonyl (C=O) groups is 2. The highest BCUT2D eigenvalue weighted by Crippen LogP contribution is 2.17. The third-order valence-electron chi connectivity index (χ3n) is 5.00. The standard InChI is InChI=1S/C24H28N4O3/c1-15(2)13-28-23(30)19-9-7-6-8-18(19)22(26-28)24(31)27(5)14-21(29)25-20-12-16(3)10-11-17(20)4/h6-12,15H,13-14H2,1-5H3,(H,25,29). The molecular formula is C24H28N4O3. The van der Waals surface area contributed by atoms with Crippen LogP contribution in [0.3, 0.4) is 0 Å². The minimum absolute atomic E-state index is 0.133. The van der Waals surface area contributed by atoms with Gasteiger partial charge in [-0.15, -0.1) is 0 Å². The van der Waals surface area contributed by atoms with Crippen molar-refractivity contribution < 1.29 is 9.59 Å². The third kappa shape index (κ3) is 4.99. The SMILES string of the molecule is Cc1ccc(C)c(NC(=O)CN(C)C(=O)c2nn(CC(C)C)c(=O)c3ccccc23)c1. The number of anilines is 1. The van der Waals surface area contributed by atoms with Gasteiger partial charge in [0.05, 0.1) is 11.9 Å². The molecule has 1 aromatic heterocycles.